The number of halogens is 1. The van der Waals surface area contributed by atoms with Crippen LogP contribution in [-0.2, 0) is 24.3 Å². The maximum absolute atomic E-state index is 12.5. The quantitative estimate of drug-likeness (QED) is 0.533. The molecule has 0 saturated carbocycles. The van der Waals surface area contributed by atoms with Crippen molar-refractivity contribution in [3.63, 3.8) is 0 Å². The number of hydrogen-bond acceptors (Lipinski definition) is 7. The molecule has 0 spiro atoms. The number of aryl methyl sites for hydroxylation is 1. The molecule has 1 heterocycles. The molecule has 2 rings (SSSR count). The van der Waals surface area contributed by atoms with Gasteiger partial charge in [0.1, 0.15) is 10.6 Å². The van der Waals surface area contributed by atoms with Crippen molar-refractivity contribution in [3.05, 3.63) is 45.7 Å². The van der Waals surface area contributed by atoms with E-state index in [1.54, 1.807) is 27.7 Å². The molecule has 0 radical (unpaired) electrons. The molecule has 1 aromatic heterocycles. The second kappa shape index (κ2) is 10.4. The summed E-state index contributed by atoms with van der Waals surface area (Å²) < 4.78 is 35.9. The van der Waals surface area contributed by atoms with Crippen LogP contribution in [0.3, 0.4) is 0 Å². The predicted molar refractivity (Wildman–Crippen MR) is 122 cm³/mol. The molecule has 0 fully saturated rings. The van der Waals surface area contributed by atoms with Gasteiger partial charge in [0.25, 0.3) is 5.91 Å². The highest BCUT2D eigenvalue weighted by Crippen LogP contribution is 2.27. The molecule has 0 aliphatic heterocycles. The van der Waals surface area contributed by atoms with Gasteiger partial charge in [-0.05, 0) is 51.5 Å². The summed E-state index contributed by atoms with van der Waals surface area (Å²) in [7, 11) is -1.11. The fraction of sp³-hybridized carbons (Fsp3) is 0.381. The van der Waals surface area contributed by atoms with Crippen LogP contribution in [0.25, 0.3) is 0 Å². The molecule has 1 amide bonds. The Hall–Kier alpha value is -2.89. The van der Waals surface area contributed by atoms with Gasteiger partial charge in [-0.1, -0.05) is 11.6 Å². The number of esters is 2. The minimum Gasteiger partial charge on any atom is -0.459 e. The maximum Gasteiger partial charge on any atom is 0.355 e. The third-order valence-corrected chi connectivity index (χ3v) is 6.79. The van der Waals surface area contributed by atoms with Crippen LogP contribution in [0.4, 0.5) is 5.69 Å². The predicted octanol–water partition coefficient (Wildman–Crippen LogP) is 2.90. The molecule has 180 valence electrons. The van der Waals surface area contributed by atoms with Gasteiger partial charge < -0.3 is 19.8 Å². The summed E-state index contributed by atoms with van der Waals surface area (Å²) in [5.74, 6) is -2.10. The average Bonchev–Trinajstić information content (AvgIpc) is 3.01. The van der Waals surface area contributed by atoms with E-state index in [2.05, 4.69) is 10.3 Å². The topological polar surface area (TPSA) is 135 Å². The minimum absolute atomic E-state index is 0.00230. The minimum atomic E-state index is -3.83. The number of carbonyl (C=O) groups excluding carboxylic acids is 3. The highest BCUT2D eigenvalue weighted by Gasteiger charge is 2.25. The first-order valence-corrected chi connectivity index (χ1v) is 11.7. The number of sulfonamides is 1. The van der Waals surface area contributed by atoms with E-state index in [4.69, 9.17) is 21.1 Å². The zero-order chi connectivity index (χ0) is 25.1. The Balaban J connectivity index is 2.09. The molecule has 12 heteroatoms. The summed E-state index contributed by atoms with van der Waals surface area (Å²) >= 11 is 5.99. The van der Waals surface area contributed by atoms with Crippen molar-refractivity contribution in [2.75, 3.05) is 26.0 Å². The van der Waals surface area contributed by atoms with Gasteiger partial charge in [0.2, 0.25) is 10.0 Å². The highest BCUT2D eigenvalue weighted by atomic mass is 35.5. The molecule has 0 aliphatic rings. The number of aromatic nitrogens is 1. The molecule has 1 aromatic carbocycles. The number of hydrogen-bond donors (Lipinski definition) is 2. The molecule has 0 unspecified atom stereocenters. The number of carbonyl (C=O) groups is 3. The fourth-order valence-corrected chi connectivity index (χ4v) is 4.30. The van der Waals surface area contributed by atoms with E-state index in [1.165, 1.54) is 32.3 Å². The lowest BCUT2D eigenvalue weighted by atomic mass is 10.1. The van der Waals surface area contributed by atoms with Crippen molar-refractivity contribution in [1.29, 1.82) is 0 Å². The number of nitrogens with one attached hydrogen (secondary N) is 2. The summed E-state index contributed by atoms with van der Waals surface area (Å²) in [6.07, 6.45) is -0.327. The maximum atomic E-state index is 12.5. The van der Waals surface area contributed by atoms with Gasteiger partial charge in [-0.3, -0.25) is 4.79 Å². The van der Waals surface area contributed by atoms with Crippen LogP contribution >= 0.6 is 11.6 Å². The number of nitrogens with zero attached hydrogens (tertiary/aromatic N) is 1. The van der Waals surface area contributed by atoms with E-state index in [9.17, 15) is 22.8 Å². The van der Waals surface area contributed by atoms with Crippen molar-refractivity contribution in [1.82, 2.24) is 9.29 Å². The first kappa shape index (κ1) is 26.4. The normalized spacial score (nSPS) is 11.5. The van der Waals surface area contributed by atoms with Crippen LogP contribution in [0.15, 0.2) is 23.1 Å². The molecule has 2 N–H and O–H groups in total. The number of aromatic amines is 1. The number of benzene rings is 1. The van der Waals surface area contributed by atoms with E-state index < -0.39 is 34.5 Å². The second-order valence-corrected chi connectivity index (χ2v) is 10.2. The van der Waals surface area contributed by atoms with Crippen molar-refractivity contribution in [2.45, 2.75) is 38.7 Å². The van der Waals surface area contributed by atoms with Crippen LogP contribution in [0.5, 0.6) is 0 Å². The van der Waals surface area contributed by atoms with Crippen LogP contribution in [0, 0.1) is 13.8 Å². The molecule has 0 saturated heterocycles. The van der Waals surface area contributed by atoms with E-state index in [0.29, 0.717) is 11.3 Å². The molecule has 2 aromatic rings. The van der Waals surface area contributed by atoms with Crippen molar-refractivity contribution < 1.29 is 32.3 Å². The van der Waals surface area contributed by atoms with Gasteiger partial charge >= 0.3 is 11.9 Å². The van der Waals surface area contributed by atoms with Gasteiger partial charge in [-0.15, -0.1) is 0 Å². The summed E-state index contributed by atoms with van der Waals surface area (Å²) in [4.78, 5) is 39.6. The zero-order valence-corrected chi connectivity index (χ0v) is 20.7. The highest BCUT2D eigenvalue weighted by molar-refractivity contribution is 7.89. The van der Waals surface area contributed by atoms with Gasteiger partial charge in [0, 0.05) is 25.5 Å². The second-order valence-electron chi connectivity index (χ2n) is 7.64. The average molecular weight is 500 g/mol. The summed E-state index contributed by atoms with van der Waals surface area (Å²) in [5.41, 5.74) is 1.20. The molecular weight excluding hydrogens is 474 g/mol. The molecular formula is C21H26ClN3O7S. The standard InChI is InChI=1S/C21H26ClN3O7S/c1-11(2)32-20(27)18-12(3)19(23-13(18)4)21(28)31-10-17(26)24-14-7-8-15(22)16(9-14)33(29,30)25(5)6/h7-9,11,23H,10H2,1-6H3,(H,24,26). The lowest BCUT2D eigenvalue weighted by Gasteiger charge is -2.14. The summed E-state index contributed by atoms with van der Waals surface area (Å²) in [6, 6.07) is 3.96. The van der Waals surface area contributed by atoms with Crippen LogP contribution in [0.2, 0.25) is 5.02 Å². The zero-order valence-electron chi connectivity index (χ0n) is 19.1. The number of rotatable bonds is 8. The van der Waals surface area contributed by atoms with E-state index in [1.807, 2.05) is 0 Å². The number of H-pyrrole nitrogens is 1. The van der Waals surface area contributed by atoms with E-state index in [-0.39, 0.29) is 33.0 Å². The third kappa shape index (κ3) is 6.12. The fourth-order valence-electron chi connectivity index (χ4n) is 2.91. The lowest BCUT2D eigenvalue weighted by Crippen LogP contribution is -2.24. The first-order chi connectivity index (χ1) is 15.2. The monoisotopic (exact) mass is 499 g/mol. The van der Waals surface area contributed by atoms with E-state index in [0.717, 1.165) is 4.31 Å². The van der Waals surface area contributed by atoms with Gasteiger partial charge in [-0.25, -0.2) is 22.3 Å². The Morgan fingerprint density at radius 1 is 1.15 bits per heavy atom. The molecule has 33 heavy (non-hydrogen) atoms. The summed E-state index contributed by atoms with van der Waals surface area (Å²) in [6.45, 7) is 5.97. The smallest absolute Gasteiger partial charge is 0.355 e. The largest absolute Gasteiger partial charge is 0.459 e. The van der Waals surface area contributed by atoms with Gasteiger partial charge in [0.05, 0.1) is 16.7 Å². The Morgan fingerprint density at radius 2 is 1.79 bits per heavy atom. The number of anilines is 1. The van der Waals surface area contributed by atoms with E-state index >= 15 is 0 Å². The molecule has 0 aliphatic carbocycles. The number of ether oxygens (including phenoxy) is 2. The van der Waals surface area contributed by atoms with Crippen LogP contribution in [0.1, 0.15) is 46.0 Å². The Morgan fingerprint density at radius 3 is 2.36 bits per heavy atom. The SMILES string of the molecule is Cc1[nH]c(C(=O)OCC(=O)Nc2ccc(Cl)c(S(=O)(=O)N(C)C)c2)c(C)c1C(=O)OC(C)C. The Labute approximate surface area is 197 Å². The molecule has 0 atom stereocenters. The molecule has 10 nitrogen and oxygen atoms in total. The summed E-state index contributed by atoms with van der Waals surface area (Å²) in [5, 5.41) is 2.45. The first-order valence-electron chi connectivity index (χ1n) is 9.84. The Kier molecular flexibility index (Phi) is 8.28. The van der Waals surface area contributed by atoms with Gasteiger partial charge in [-0.2, -0.15) is 0 Å². The molecule has 0 bridgehead atoms. The Bertz CT molecular complexity index is 1190. The lowest BCUT2D eigenvalue weighted by molar-refractivity contribution is -0.119. The van der Waals surface area contributed by atoms with Crippen molar-refractivity contribution in [2.24, 2.45) is 0 Å². The van der Waals surface area contributed by atoms with Crippen LogP contribution in [-0.4, -0.2) is 62.4 Å². The number of amides is 1. The van der Waals surface area contributed by atoms with Crippen LogP contribution < -0.4 is 5.32 Å². The van der Waals surface area contributed by atoms with Crippen molar-refractivity contribution in [3.8, 4) is 0 Å². The van der Waals surface area contributed by atoms with Crippen molar-refractivity contribution >= 4 is 45.2 Å². The third-order valence-electron chi connectivity index (χ3n) is 4.50. The van der Waals surface area contributed by atoms with Gasteiger partial charge in [0.15, 0.2) is 6.61 Å².